The zero-order valence-corrected chi connectivity index (χ0v) is 17.8. The second-order valence-electron chi connectivity index (χ2n) is 6.93. The minimum atomic E-state index is -3.93. The fourth-order valence-electron chi connectivity index (χ4n) is 2.69. The van der Waals surface area contributed by atoms with Gasteiger partial charge in [-0.05, 0) is 31.1 Å². The summed E-state index contributed by atoms with van der Waals surface area (Å²) in [6, 6.07) is 7.47. The van der Waals surface area contributed by atoms with Crippen LogP contribution in [0.2, 0.25) is 0 Å². The van der Waals surface area contributed by atoms with Gasteiger partial charge in [-0.2, -0.15) is 5.09 Å². The zero-order chi connectivity index (χ0) is 22.6. The number of H-pyrrole nitrogens is 1. The van der Waals surface area contributed by atoms with E-state index in [1.54, 1.807) is 30.3 Å². The van der Waals surface area contributed by atoms with Gasteiger partial charge in [-0.25, -0.2) is 9.36 Å². The summed E-state index contributed by atoms with van der Waals surface area (Å²) >= 11 is 0. The van der Waals surface area contributed by atoms with Crippen molar-refractivity contribution < 1.29 is 23.1 Å². The first-order valence-corrected chi connectivity index (χ1v) is 10.9. The number of anilines is 1. The maximum absolute atomic E-state index is 13.3. The zero-order valence-electron chi connectivity index (χ0n) is 16.9. The van der Waals surface area contributed by atoms with E-state index in [1.807, 2.05) is 0 Å². The van der Waals surface area contributed by atoms with Crippen molar-refractivity contribution in [2.24, 2.45) is 5.92 Å². The van der Waals surface area contributed by atoms with Gasteiger partial charge in [0, 0.05) is 18.3 Å². The number of methoxy groups -OCH3 is 1. The third-order valence-corrected chi connectivity index (χ3v) is 6.11. The van der Waals surface area contributed by atoms with Crippen molar-refractivity contribution in [3.8, 4) is 5.75 Å². The SMILES string of the molecule is COC(=O)C(C)NP(=O)(OC[C@@H]1C/C1=C/n1cc(N)c(=O)[nH]c1=O)Oc1ccccc1. The average Bonchev–Trinajstić information content (AvgIpc) is 3.48. The lowest BCUT2D eigenvalue weighted by molar-refractivity contribution is -0.142. The van der Waals surface area contributed by atoms with Crippen LogP contribution in [0.3, 0.4) is 0 Å². The van der Waals surface area contributed by atoms with Crippen LogP contribution in [0.15, 0.2) is 51.7 Å². The molecule has 1 fully saturated rings. The van der Waals surface area contributed by atoms with Gasteiger partial charge in [0.1, 0.15) is 17.5 Å². The number of nitrogens with zero attached hydrogens (tertiary/aromatic N) is 1. The molecule has 11 nitrogen and oxygen atoms in total. The summed E-state index contributed by atoms with van der Waals surface area (Å²) in [6.07, 6.45) is 3.35. The Morgan fingerprint density at radius 2 is 2.10 bits per heavy atom. The number of nitrogens with two attached hydrogens (primary N) is 1. The van der Waals surface area contributed by atoms with Crippen LogP contribution in [-0.2, 0) is 18.6 Å². The molecular weight excluding hydrogens is 427 g/mol. The number of nitrogen functional groups attached to an aromatic ring is 1. The number of ether oxygens (including phenoxy) is 1. The smallest absolute Gasteiger partial charge is 0.459 e. The number of nitrogens with one attached hydrogen (secondary N) is 2. The molecule has 1 saturated carbocycles. The van der Waals surface area contributed by atoms with Gasteiger partial charge in [0.25, 0.3) is 5.56 Å². The number of benzene rings is 1. The van der Waals surface area contributed by atoms with Gasteiger partial charge in [-0.1, -0.05) is 18.2 Å². The Balaban J connectivity index is 1.70. The summed E-state index contributed by atoms with van der Waals surface area (Å²) in [6.45, 7) is 1.50. The molecule has 3 rings (SSSR count). The molecule has 2 aromatic rings. The highest BCUT2D eigenvalue weighted by Gasteiger charge is 2.37. The van der Waals surface area contributed by atoms with Crippen LogP contribution >= 0.6 is 7.75 Å². The van der Waals surface area contributed by atoms with Crippen LogP contribution in [0.25, 0.3) is 6.20 Å². The van der Waals surface area contributed by atoms with Crippen molar-refractivity contribution in [2.75, 3.05) is 19.5 Å². The molecule has 0 bridgehead atoms. The average molecular weight is 450 g/mol. The lowest BCUT2D eigenvalue weighted by Crippen LogP contribution is -2.34. The fraction of sp³-hybridized carbons (Fsp3) is 0.316. The number of carbonyl (C=O) groups is 1. The predicted octanol–water partition coefficient (Wildman–Crippen LogP) is 1.33. The monoisotopic (exact) mass is 450 g/mol. The third-order valence-electron chi connectivity index (χ3n) is 4.47. The third kappa shape index (κ3) is 5.94. The maximum atomic E-state index is 13.3. The van der Waals surface area contributed by atoms with Crippen molar-refractivity contribution in [2.45, 2.75) is 19.4 Å². The molecule has 0 radical (unpaired) electrons. The van der Waals surface area contributed by atoms with Crippen LogP contribution in [0.1, 0.15) is 13.3 Å². The lowest BCUT2D eigenvalue weighted by Gasteiger charge is -2.22. The van der Waals surface area contributed by atoms with Gasteiger partial charge in [0.05, 0.1) is 13.7 Å². The maximum Gasteiger partial charge on any atom is 0.459 e. The van der Waals surface area contributed by atoms with Gasteiger partial charge in [-0.15, -0.1) is 0 Å². The minimum absolute atomic E-state index is 0.0183. The minimum Gasteiger partial charge on any atom is -0.468 e. The van der Waals surface area contributed by atoms with Gasteiger partial charge in [0.2, 0.25) is 0 Å². The molecule has 1 aromatic heterocycles. The molecule has 0 saturated heterocycles. The van der Waals surface area contributed by atoms with E-state index in [9.17, 15) is 18.9 Å². The van der Waals surface area contributed by atoms with E-state index in [1.165, 1.54) is 31.0 Å². The molecule has 0 aliphatic heterocycles. The van der Waals surface area contributed by atoms with Crippen LogP contribution in [-0.4, -0.2) is 35.3 Å². The number of esters is 1. The molecular formula is C19H23N4O7P. The highest BCUT2D eigenvalue weighted by molar-refractivity contribution is 7.52. The highest BCUT2D eigenvalue weighted by Crippen LogP contribution is 2.48. The molecule has 0 spiro atoms. The van der Waals surface area contributed by atoms with Crippen molar-refractivity contribution >= 4 is 25.6 Å². The number of hydrogen-bond donors (Lipinski definition) is 3. The predicted molar refractivity (Wildman–Crippen MR) is 113 cm³/mol. The van der Waals surface area contributed by atoms with Crippen molar-refractivity contribution in [3.05, 3.63) is 62.9 Å². The lowest BCUT2D eigenvalue weighted by atomic mass is 10.3. The second kappa shape index (κ2) is 9.34. The Bertz CT molecular complexity index is 1140. The second-order valence-corrected chi connectivity index (χ2v) is 8.62. The topological polar surface area (TPSA) is 155 Å². The summed E-state index contributed by atoms with van der Waals surface area (Å²) < 4.78 is 30.2. The van der Waals surface area contributed by atoms with E-state index < -0.39 is 31.0 Å². The molecule has 3 atom stereocenters. The van der Waals surface area contributed by atoms with Crippen LogP contribution in [0.5, 0.6) is 5.75 Å². The van der Waals surface area contributed by atoms with E-state index in [0.29, 0.717) is 12.2 Å². The molecule has 1 aromatic carbocycles. The number of hydrogen-bond acceptors (Lipinski definition) is 8. The van der Waals surface area contributed by atoms with Crippen molar-refractivity contribution in [1.82, 2.24) is 14.6 Å². The van der Waals surface area contributed by atoms with Crippen LogP contribution in [0.4, 0.5) is 5.69 Å². The summed E-state index contributed by atoms with van der Waals surface area (Å²) in [5.74, 6) is -0.442. The molecule has 31 heavy (non-hydrogen) atoms. The van der Waals surface area contributed by atoms with Crippen LogP contribution < -0.4 is 26.6 Å². The molecule has 12 heteroatoms. The molecule has 1 aliphatic carbocycles. The Morgan fingerprint density at radius 1 is 1.39 bits per heavy atom. The number of rotatable bonds is 9. The highest BCUT2D eigenvalue weighted by atomic mass is 31.2. The standard InChI is InChI=1S/C19H23N4O7P/c1-12(18(25)28-2)22-31(27,30-15-6-4-3-5-7-15)29-11-14-8-13(14)9-23-10-16(20)17(24)21-19(23)26/h3-7,9-10,12,14H,8,11,20H2,1-2H3,(H,22,27)(H,21,24,26)/b13-9-/t12?,14-,31?/m0/s1. The number of aromatic amines is 1. The largest absolute Gasteiger partial charge is 0.468 e. The first kappa shape index (κ1) is 22.5. The summed E-state index contributed by atoms with van der Waals surface area (Å²) in [7, 11) is -2.71. The van der Waals surface area contributed by atoms with E-state index in [0.717, 1.165) is 5.57 Å². The molecule has 4 N–H and O–H groups in total. The summed E-state index contributed by atoms with van der Waals surface area (Å²) in [5, 5.41) is 2.57. The van der Waals surface area contributed by atoms with E-state index in [2.05, 4.69) is 14.8 Å². The Labute approximate surface area is 177 Å². The number of aromatic nitrogens is 2. The molecule has 2 unspecified atom stereocenters. The molecule has 166 valence electrons. The van der Waals surface area contributed by atoms with Crippen molar-refractivity contribution in [3.63, 3.8) is 0 Å². The number of para-hydroxylation sites is 1. The first-order chi connectivity index (χ1) is 14.7. The van der Waals surface area contributed by atoms with Gasteiger partial charge in [-0.3, -0.25) is 23.7 Å². The summed E-state index contributed by atoms with van der Waals surface area (Å²) in [5.41, 5.74) is 5.00. The van der Waals surface area contributed by atoms with E-state index in [4.69, 9.17) is 14.8 Å². The van der Waals surface area contributed by atoms with E-state index >= 15 is 0 Å². The quantitative estimate of drug-likeness (QED) is 0.379. The van der Waals surface area contributed by atoms with Gasteiger partial charge >= 0.3 is 19.4 Å². The molecule has 0 amide bonds. The Kier molecular flexibility index (Phi) is 6.79. The van der Waals surface area contributed by atoms with Crippen molar-refractivity contribution in [1.29, 1.82) is 0 Å². The normalized spacial score (nSPS) is 19.4. The molecule has 1 heterocycles. The molecule has 1 aliphatic rings. The first-order valence-electron chi connectivity index (χ1n) is 9.37. The van der Waals surface area contributed by atoms with Crippen LogP contribution in [0, 0.1) is 5.92 Å². The van der Waals surface area contributed by atoms with E-state index in [-0.39, 0.29) is 18.2 Å². The number of carbonyl (C=O) groups excluding carboxylic acids is 1. The fourth-order valence-corrected chi connectivity index (χ4v) is 4.23. The Hall–Kier alpha value is -3.14. The summed E-state index contributed by atoms with van der Waals surface area (Å²) in [4.78, 5) is 37.1. The van der Waals surface area contributed by atoms with Gasteiger partial charge in [0.15, 0.2) is 0 Å². The van der Waals surface area contributed by atoms with Gasteiger partial charge < -0.3 is 15.0 Å². The Morgan fingerprint density at radius 3 is 2.77 bits per heavy atom.